The first-order valence-electron chi connectivity index (χ1n) is 6.55. The van der Waals surface area contributed by atoms with Crippen LogP contribution in [0.5, 0.6) is 0 Å². The van der Waals surface area contributed by atoms with Crippen molar-refractivity contribution in [3.05, 3.63) is 36.6 Å². The number of hydrogen-bond donors (Lipinski definition) is 0. The van der Waals surface area contributed by atoms with E-state index >= 15 is 0 Å². The average Bonchev–Trinajstić information content (AvgIpc) is 2.60. The average molecular weight is 261 g/mol. The Morgan fingerprint density at radius 1 is 1.21 bits per heavy atom. The Balaban J connectivity index is 2.25. The summed E-state index contributed by atoms with van der Waals surface area (Å²) in [6, 6.07) is 0. The van der Waals surface area contributed by atoms with Crippen molar-refractivity contribution < 1.29 is 14.3 Å². The molecule has 1 fully saturated rings. The number of allylic oxidation sites excluding steroid dienone is 3. The molecular weight excluding hydrogens is 242 g/mol. The molecule has 0 aromatic rings. The van der Waals surface area contributed by atoms with Gasteiger partial charge >= 0.3 is 0 Å². The van der Waals surface area contributed by atoms with Crippen LogP contribution in [-0.4, -0.2) is 35.8 Å². The molecule has 1 saturated heterocycles. The molecule has 2 heterocycles. The topological polar surface area (TPSA) is 46.6 Å². The van der Waals surface area contributed by atoms with Crippen LogP contribution < -0.4 is 0 Å². The van der Waals surface area contributed by atoms with Gasteiger partial charge in [-0.05, 0) is 18.9 Å². The number of nitrogens with zero attached hydrogens (tertiary/aromatic N) is 1. The number of hydrogen-bond acceptors (Lipinski definition) is 3. The molecular formula is C15H19NO3. The summed E-state index contributed by atoms with van der Waals surface area (Å²) >= 11 is 0. The smallest absolute Gasteiger partial charge is 0.209 e. The SMILES string of the molecule is C=CC1=C(C=C)C(=O)CC2(CCCN(C=O)CC2)O1. The molecule has 2 aliphatic rings. The second-order valence-corrected chi connectivity index (χ2v) is 5.07. The van der Waals surface area contributed by atoms with Crippen molar-refractivity contribution in [2.24, 2.45) is 0 Å². The highest BCUT2D eigenvalue weighted by atomic mass is 16.5. The summed E-state index contributed by atoms with van der Waals surface area (Å²) in [5.74, 6) is 0.571. The number of carbonyl (C=O) groups is 2. The quantitative estimate of drug-likeness (QED) is 0.730. The summed E-state index contributed by atoms with van der Waals surface area (Å²) in [7, 11) is 0. The van der Waals surface area contributed by atoms with Gasteiger partial charge in [-0.1, -0.05) is 19.2 Å². The highest BCUT2D eigenvalue weighted by Crippen LogP contribution is 2.38. The van der Waals surface area contributed by atoms with Crippen LogP contribution in [0, 0.1) is 0 Å². The van der Waals surface area contributed by atoms with Crippen LogP contribution in [0.25, 0.3) is 0 Å². The van der Waals surface area contributed by atoms with Gasteiger partial charge < -0.3 is 9.64 Å². The molecule has 1 atom stereocenters. The Hall–Kier alpha value is -1.84. The lowest BCUT2D eigenvalue weighted by Gasteiger charge is -2.37. The molecule has 4 nitrogen and oxygen atoms in total. The van der Waals surface area contributed by atoms with Gasteiger partial charge in [0.25, 0.3) is 0 Å². The summed E-state index contributed by atoms with van der Waals surface area (Å²) in [5.41, 5.74) is 0.0299. The molecule has 0 aromatic heterocycles. The van der Waals surface area contributed by atoms with Gasteiger partial charge in [0.2, 0.25) is 6.41 Å². The zero-order valence-corrected chi connectivity index (χ0v) is 11.1. The number of ketones is 1. The van der Waals surface area contributed by atoms with Gasteiger partial charge in [0, 0.05) is 19.5 Å². The van der Waals surface area contributed by atoms with E-state index in [1.807, 2.05) is 0 Å². The maximum Gasteiger partial charge on any atom is 0.209 e. The minimum atomic E-state index is -0.481. The molecule has 4 heteroatoms. The maximum atomic E-state index is 12.2. The number of amides is 1. The maximum absolute atomic E-state index is 12.2. The second-order valence-electron chi connectivity index (χ2n) is 5.07. The van der Waals surface area contributed by atoms with Gasteiger partial charge in [-0.25, -0.2) is 0 Å². The number of ether oxygens (including phenoxy) is 1. The lowest BCUT2D eigenvalue weighted by Crippen LogP contribution is -2.40. The highest BCUT2D eigenvalue weighted by Gasteiger charge is 2.41. The fraction of sp³-hybridized carbons (Fsp3) is 0.467. The van der Waals surface area contributed by atoms with Crippen molar-refractivity contribution in [1.82, 2.24) is 4.90 Å². The van der Waals surface area contributed by atoms with E-state index in [4.69, 9.17) is 4.74 Å². The largest absolute Gasteiger partial charge is 0.486 e. The van der Waals surface area contributed by atoms with E-state index < -0.39 is 5.60 Å². The van der Waals surface area contributed by atoms with Crippen molar-refractivity contribution in [1.29, 1.82) is 0 Å². The monoisotopic (exact) mass is 261 g/mol. The minimum absolute atomic E-state index is 0.0516. The summed E-state index contributed by atoms with van der Waals surface area (Å²) in [6.07, 6.45) is 6.63. The summed E-state index contributed by atoms with van der Waals surface area (Å²) < 4.78 is 6.04. The zero-order valence-electron chi connectivity index (χ0n) is 11.1. The molecule has 19 heavy (non-hydrogen) atoms. The number of carbonyl (C=O) groups excluding carboxylic acids is 2. The van der Waals surface area contributed by atoms with Crippen LogP contribution >= 0.6 is 0 Å². The first kappa shape index (κ1) is 13.6. The Kier molecular flexibility index (Phi) is 3.88. The molecule has 2 aliphatic heterocycles. The molecule has 1 amide bonds. The van der Waals surface area contributed by atoms with Crippen LogP contribution in [0.1, 0.15) is 25.7 Å². The van der Waals surface area contributed by atoms with Crippen LogP contribution in [0.3, 0.4) is 0 Å². The van der Waals surface area contributed by atoms with Crippen molar-refractivity contribution in [2.75, 3.05) is 13.1 Å². The lowest BCUT2D eigenvalue weighted by atomic mass is 9.84. The van der Waals surface area contributed by atoms with Crippen molar-refractivity contribution in [3.8, 4) is 0 Å². The molecule has 2 rings (SSSR count). The molecule has 0 bridgehead atoms. The van der Waals surface area contributed by atoms with E-state index in [1.165, 1.54) is 6.08 Å². The van der Waals surface area contributed by atoms with Crippen LogP contribution in [0.15, 0.2) is 36.6 Å². The van der Waals surface area contributed by atoms with Crippen LogP contribution in [0.4, 0.5) is 0 Å². The van der Waals surface area contributed by atoms with Crippen LogP contribution in [-0.2, 0) is 14.3 Å². The van der Waals surface area contributed by atoms with E-state index in [-0.39, 0.29) is 5.78 Å². The number of rotatable bonds is 3. The van der Waals surface area contributed by atoms with E-state index in [0.717, 1.165) is 25.8 Å². The van der Waals surface area contributed by atoms with Gasteiger partial charge in [0.05, 0.1) is 12.0 Å². The van der Waals surface area contributed by atoms with E-state index in [2.05, 4.69) is 13.2 Å². The first-order valence-corrected chi connectivity index (χ1v) is 6.55. The van der Waals surface area contributed by atoms with E-state index in [9.17, 15) is 9.59 Å². The fourth-order valence-corrected chi connectivity index (χ4v) is 2.79. The van der Waals surface area contributed by atoms with Crippen molar-refractivity contribution in [3.63, 3.8) is 0 Å². The predicted molar refractivity (Wildman–Crippen MR) is 72.3 cm³/mol. The zero-order chi connectivity index (χ0) is 13.9. The molecule has 102 valence electrons. The predicted octanol–water partition coefficient (Wildman–Crippen LogP) is 1.98. The number of likely N-dealkylation sites (tertiary alicyclic amines) is 1. The molecule has 0 aromatic carbocycles. The van der Waals surface area contributed by atoms with Gasteiger partial charge in [-0.2, -0.15) is 0 Å². The van der Waals surface area contributed by atoms with E-state index in [1.54, 1.807) is 11.0 Å². The van der Waals surface area contributed by atoms with Gasteiger partial charge in [0.15, 0.2) is 5.78 Å². The Morgan fingerprint density at radius 3 is 2.63 bits per heavy atom. The van der Waals surface area contributed by atoms with Crippen molar-refractivity contribution >= 4 is 12.2 Å². The molecule has 1 spiro atoms. The van der Waals surface area contributed by atoms with Crippen LogP contribution in [0.2, 0.25) is 0 Å². The molecule has 0 saturated carbocycles. The first-order chi connectivity index (χ1) is 9.14. The van der Waals surface area contributed by atoms with E-state index in [0.29, 0.717) is 30.7 Å². The lowest BCUT2D eigenvalue weighted by molar-refractivity contribution is -0.125. The third kappa shape index (κ3) is 2.62. The summed E-state index contributed by atoms with van der Waals surface area (Å²) in [6.45, 7) is 8.71. The molecule has 0 radical (unpaired) electrons. The normalized spacial score (nSPS) is 27.8. The number of Topliss-reactive ketones (excluding diaryl/α,β-unsaturated/α-hetero) is 1. The summed E-state index contributed by atoms with van der Waals surface area (Å²) in [4.78, 5) is 24.8. The van der Waals surface area contributed by atoms with Gasteiger partial charge in [0.1, 0.15) is 11.4 Å². The fourth-order valence-electron chi connectivity index (χ4n) is 2.79. The second kappa shape index (κ2) is 5.43. The third-order valence-electron chi connectivity index (χ3n) is 3.85. The van der Waals surface area contributed by atoms with Gasteiger partial charge in [-0.3, -0.25) is 9.59 Å². The highest BCUT2D eigenvalue weighted by molar-refractivity contribution is 6.00. The molecule has 1 unspecified atom stereocenters. The standard InChI is InChI=1S/C15H19NO3/c1-3-12-13(18)10-15(19-14(12)4-2)6-5-8-16(11-17)9-7-15/h3-4,11H,1-2,5-10H2. The van der Waals surface area contributed by atoms with Gasteiger partial charge in [-0.15, -0.1) is 0 Å². The Bertz CT molecular complexity index is 452. The third-order valence-corrected chi connectivity index (χ3v) is 3.85. The molecule has 0 N–H and O–H groups in total. The van der Waals surface area contributed by atoms with Crippen molar-refractivity contribution in [2.45, 2.75) is 31.3 Å². The molecule has 0 aliphatic carbocycles. The minimum Gasteiger partial charge on any atom is -0.486 e. The summed E-state index contributed by atoms with van der Waals surface area (Å²) in [5, 5.41) is 0. The Labute approximate surface area is 113 Å². The Morgan fingerprint density at radius 2 is 2.00 bits per heavy atom.